The van der Waals surface area contributed by atoms with E-state index < -0.39 is 11.5 Å². The SMILES string of the molecule is CCCNC1(C(=O)O)CCC(Sc2nncs2)C1. The quantitative estimate of drug-likeness (QED) is 0.833. The first-order chi connectivity index (χ1) is 8.66. The van der Waals surface area contributed by atoms with Crippen molar-refractivity contribution < 1.29 is 9.90 Å². The predicted molar refractivity (Wildman–Crippen MR) is 72.1 cm³/mol. The minimum absolute atomic E-state index is 0.318. The number of aliphatic carboxylic acids is 1. The Morgan fingerprint density at radius 1 is 1.78 bits per heavy atom. The largest absolute Gasteiger partial charge is 0.480 e. The first-order valence-corrected chi connectivity index (χ1v) is 7.83. The van der Waals surface area contributed by atoms with Gasteiger partial charge in [-0.2, -0.15) is 0 Å². The summed E-state index contributed by atoms with van der Waals surface area (Å²) in [5.74, 6) is -0.726. The summed E-state index contributed by atoms with van der Waals surface area (Å²) in [5.41, 5.74) is 0.968. The van der Waals surface area contributed by atoms with Crippen molar-refractivity contribution in [1.82, 2.24) is 15.5 Å². The number of aromatic nitrogens is 2. The van der Waals surface area contributed by atoms with Gasteiger partial charge in [0.25, 0.3) is 0 Å². The van der Waals surface area contributed by atoms with Gasteiger partial charge >= 0.3 is 5.97 Å². The lowest BCUT2D eigenvalue weighted by Gasteiger charge is -2.25. The molecular weight excluding hydrogens is 270 g/mol. The molecule has 0 amide bonds. The molecule has 100 valence electrons. The number of hydrogen-bond donors (Lipinski definition) is 2. The summed E-state index contributed by atoms with van der Waals surface area (Å²) < 4.78 is 0.927. The average Bonchev–Trinajstić information content (AvgIpc) is 2.97. The molecule has 1 aromatic rings. The first-order valence-electron chi connectivity index (χ1n) is 6.07. The lowest BCUT2D eigenvalue weighted by Crippen LogP contribution is -2.50. The van der Waals surface area contributed by atoms with Gasteiger partial charge in [0.1, 0.15) is 11.0 Å². The van der Waals surface area contributed by atoms with E-state index in [1.165, 1.54) is 11.3 Å². The third kappa shape index (κ3) is 3.02. The van der Waals surface area contributed by atoms with Gasteiger partial charge in [-0.3, -0.25) is 4.79 Å². The Labute approximate surface area is 114 Å². The maximum atomic E-state index is 11.5. The number of nitrogens with one attached hydrogen (secondary N) is 1. The van der Waals surface area contributed by atoms with Crippen LogP contribution < -0.4 is 5.32 Å². The molecule has 7 heteroatoms. The number of thioether (sulfide) groups is 1. The van der Waals surface area contributed by atoms with Crippen LogP contribution in [0.25, 0.3) is 0 Å². The van der Waals surface area contributed by atoms with Gasteiger partial charge in [0.2, 0.25) is 0 Å². The lowest BCUT2D eigenvalue weighted by molar-refractivity contribution is -0.144. The monoisotopic (exact) mass is 287 g/mol. The molecule has 0 radical (unpaired) electrons. The van der Waals surface area contributed by atoms with Crippen molar-refractivity contribution in [3.05, 3.63) is 5.51 Å². The Kier molecular flexibility index (Phi) is 4.58. The zero-order chi connectivity index (χ0) is 13.0. The smallest absolute Gasteiger partial charge is 0.323 e. The third-order valence-corrected chi connectivity index (χ3v) is 5.28. The molecule has 2 rings (SSSR count). The van der Waals surface area contributed by atoms with Crippen LogP contribution in [0, 0.1) is 0 Å². The van der Waals surface area contributed by atoms with Crippen LogP contribution in [0.4, 0.5) is 0 Å². The van der Waals surface area contributed by atoms with Crippen LogP contribution in [0.5, 0.6) is 0 Å². The second-order valence-electron chi connectivity index (χ2n) is 4.50. The molecule has 18 heavy (non-hydrogen) atoms. The topological polar surface area (TPSA) is 75.1 Å². The van der Waals surface area contributed by atoms with Crippen LogP contribution in [-0.4, -0.2) is 38.6 Å². The number of carboxylic acids is 1. The second kappa shape index (κ2) is 5.99. The van der Waals surface area contributed by atoms with Crippen LogP contribution >= 0.6 is 23.1 Å². The molecule has 1 heterocycles. The average molecular weight is 287 g/mol. The van der Waals surface area contributed by atoms with Gasteiger partial charge in [0.15, 0.2) is 4.34 Å². The van der Waals surface area contributed by atoms with E-state index in [0.29, 0.717) is 18.1 Å². The zero-order valence-corrected chi connectivity index (χ0v) is 11.9. The molecule has 1 saturated carbocycles. The number of carbonyl (C=O) groups is 1. The van der Waals surface area contributed by atoms with E-state index in [1.54, 1.807) is 17.3 Å². The minimum Gasteiger partial charge on any atom is -0.480 e. The molecule has 1 fully saturated rings. The molecule has 2 N–H and O–H groups in total. The van der Waals surface area contributed by atoms with Crippen molar-refractivity contribution in [3.63, 3.8) is 0 Å². The molecule has 0 saturated heterocycles. The Morgan fingerprint density at radius 3 is 3.22 bits per heavy atom. The van der Waals surface area contributed by atoms with Crippen LogP contribution in [-0.2, 0) is 4.79 Å². The van der Waals surface area contributed by atoms with E-state index in [1.807, 2.05) is 6.92 Å². The molecule has 2 unspecified atom stereocenters. The summed E-state index contributed by atoms with van der Waals surface area (Å²) in [4.78, 5) is 11.5. The normalized spacial score (nSPS) is 27.5. The molecule has 1 aliphatic rings. The highest BCUT2D eigenvalue weighted by Crippen LogP contribution is 2.40. The molecule has 0 bridgehead atoms. The highest BCUT2D eigenvalue weighted by atomic mass is 32.2. The zero-order valence-electron chi connectivity index (χ0n) is 10.3. The standard InChI is InChI=1S/C11H17N3O2S2/c1-2-5-12-11(9(15)16)4-3-8(6-11)18-10-14-13-7-17-10/h7-8,12H,2-6H2,1H3,(H,15,16). The lowest BCUT2D eigenvalue weighted by atomic mass is 9.98. The van der Waals surface area contributed by atoms with E-state index >= 15 is 0 Å². The summed E-state index contributed by atoms with van der Waals surface area (Å²) in [6.45, 7) is 2.80. The van der Waals surface area contributed by atoms with Crippen LogP contribution in [0.2, 0.25) is 0 Å². The van der Waals surface area contributed by atoms with Crippen LogP contribution in [0.3, 0.4) is 0 Å². The Bertz CT molecular complexity index is 399. The molecule has 1 aliphatic carbocycles. The van der Waals surface area contributed by atoms with E-state index in [0.717, 1.165) is 23.7 Å². The van der Waals surface area contributed by atoms with Gasteiger partial charge in [-0.05, 0) is 32.2 Å². The van der Waals surface area contributed by atoms with Crippen molar-refractivity contribution in [2.75, 3.05) is 6.54 Å². The summed E-state index contributed by atoms with van der Waals surface area (Å²) in [6.07, 6.45) is 3.21. The number of hydrogen-bond acceptors (Lipinski definition) is 6. The summed E-state index contributed by atoms with van der Waals surface area (Å²) in [6, 6.07) is 0. The Balaban J connectivity index is 1.97. The maximum absolute atomic E-state index is 11.5. The number of carboxylic acid groups (broad SMARTS) is 1. The Morgan fingerprint density at radius 2 is 2.61 bits per heavy atom. The van der Waals surface area contributed by atoms with Gasteiger partial charge < -0.3 is 10.4 Å². The summed E-state index contributed by atoms with van der Waals surface area (Å²) in [7, 11) is 0. The van der Waals surface area contributed by atoms with Crippen molar-refractivity contribution in [2.45, 2.75) is 47.7 Å². The molecular formula is C11H17N3O2S2. The summed E-state index contributed by atoms with van der Waals surface area (Å²) >= 11 is 3.16. The number of nitrogens with zero attached hydrogens (tertiary/aromatic N) is 2. The second-order valence-corrected chi connectivity index (χ2v) is 6.88. The van der Waals surface area contributed by atoms with Crippen molar-refractivity contribution in [3.8, 4) is 0 Å². The van der Waals surface area contributed by atoms with Crippen LogP contribution in [0.1, 0.15) is 32.6 Å². The van der Waals surface area contributed by atoms with E-state index in [2.05, 4.69) is 15.5 Å². The molecule has 5 nitrogen and oxygen atoms in total. The van der Waals surface area contributed by atoms with Crippen LogP contribution in [0.15, 0.2) is 9.85 Å². The fourth-order valence-corrected chi connectivity index (χ4v) is 4.27. The van der Waals surface area contributed by atoms with Gasteiger partial charge in [-0.1, -0.05) is 30.0 Å². The van der Waals surface area contributed by atoms with E-state index in [4.69, 9.17) is 0 Å². The maximum Gasteiger partial charge on any atom is 0.323 e. The van der Waals surface area contributed by atoms with Gasteiger partial charge in [0.05, 0.1) is 0 Å². The van der Waals surface area contributed by atoms with Crippen molar-refractivity contribution >= 4 is 29.1 Å². The summed E-state index contributed by atoms with van der Waals surface area (Å²) in [5, 5.41) is 20.8. The van der Waals surface area contributed by atoms with Gasteiger partial charge in [-0.15, -0.1) is 10.2 Å². The van der Waals surface area contributed by atoms with Crippen molar-refractivity contribution in [2.24, 2.45) is 0 Å². The molecule has 0 spiro atoms. The fourth-order valence-electron chi connectivity index (χ4n) is 2.25. The predicted octanol–water partition coefficient (Wildman–Crippen LogP) is 2.01. The van der Waals surface area contributed by atoms with Gasteiger partial charge in [0, 0.05) is 5.25 Å². The molecule has 0 aromatic carbocycles. The van der Waals surface area contributed by atoms with E-state index in [-0.39, 0.29) is 0 Å². The highest BCUT2D eigenvalue weighted by Gasteiger charge is 2.45. The molecule has 2 atom stereocenters. The fraction of sp³-hybridized carbons (Fsp3) is 0.727. The third-order valence-electron chi connectivity index (χ3n) is 3.20. The minimum atomic E-state index is -0.738. The molecule has 1 aromatic heterocycles. The van der Waals surface area contributed by atoms with E-state index in [9.17, 15) is 9.90 Å². The molecule has 0 aliphatic heterocycles. The first kappa shape index (κ1) is 13.8. The van der Waals surface area contributed by atoms with Crippen molar-refractivity contribution in [1.29, 1.82) is 0 Å². The van der Waals surface area contributed by atoms with Gasteiger partial charge in [-0.25, -0.2) is 0 Å². The number of rotatable bonds is 6. The Hall–Kier alpha value is -0.660. The highest BCUT2D eigenvalue weighted by molar-refractivity contribution is 8.01.